The number of hydrogen-bond donors (Lipinski definition) is 3. The lowest BCUT2D eigenvalue weighted by Crippen LogP contribution is -2.48. The van der Waals surface area contributed by atoms with Crippen LogP contribution in [-0.2, 0) is 0 Å². The minimum atomic E-state index is -0.480. The third-order valence-electron chi connectivity index (χ3n) is 2.40. The van der Waals surface area contributed by atoms with Gasteiger partial charge in [0.25, 0.3) is 5.91 Å². The molecule has 0 aliphatic heterocycles. The van der Waals surface area contributed by atoms with Gasteiger partial charge in [0.2, 0.25) is 0 Å². The SMILES string of the molecule is COc1ccc(C(=O)NC(C)(C)CN)cc1O. The first-order chi connectivity index (χ1) is 7.89. The number of hydrogen-bond acceptors (Lipinski definition) is 4. The number of nitrogens with two attached hydrogens (primary N) is 1. The molecule has 0 heterocycles. The van der Waals surface area contributed by atoms with Gasteiger partial charge in [-0.25, -0.2) is 0 Å². The molecule has 5 nitrogen and oxygen atoms in total. The van der Waals surface area contributed by atoms with Gasteiger partial charge in [0, 0.05) is 17.6 Å². The van der Waals surface area contributed by atoms with Gasteiger partial charge in [0.15, 0.2) is 11.5 Å². The van der Waals surface area contributed by atoms with Crippen molar-refractivity contribution in [1.82, 2.24) is 5.32 Å². The second-order valence-electron chi connectivity index (χ2n) is 4.43. The molecule has 0 saturated carbocycles. The third-order valence-corrected chi connectivity index (χ3v) is 2.40. The highest BCUT2D eigenvalue weighted by Crippen LogP contribution is 2.26. The molecule has 0 radical (unpaired) electrons. The first kappa shape index (κ1) is 13.3. The van der Waals surface area contributed by atoms with E-state index in [-0.39, 0.29) is 11.7 Å². The highest BCUT2D eigenvalue weighted by Gasteiger charge is 2.19. The van der Waals surface area contributed by atoms with E-state index in [1.807, 2.05) is 13.8 Å². The summed E-state index contributed by atoms with van der Waals surface area (Å²) in [5, 5.41) is 12.3. The number of phenolic OH excluding ortho intramolecular Hbond substituents is 1. The van der Waals surface area contributed by atoms with Crippen LogP contribution in [0.4, 0.5) is 0 Å². The molecule has 1 aromatic rings. The molecule has 0 bridgehead atoms. The predicted octanol–water partition coefficient (Wildman–Crippen LogP) is 0.868. The fourth-order valence-electron chi connectivity index (χ4n) is 1.26. The zero-order valence-electron chi connectivity index (χ0n) is 10.3. The number of nitrogens with one attached hydrogen (secondary N) is 1. The van der Waals surface area contributed by atoms with Crippen LogP contribution in [0.2, 0.25) is 0 Å². The highest BCUT2D eigenvalue weighted by molar-refractivity contribution is 5.95. The third kappa shape index (κ3) is 3.35. The first-order valence-corrected chi connectivity index (χ1v) is 5.29. The number of amides is 1. The Hall–Kier alpha value is -1.75. The number of carbonyl (C=O) groups excluding carboxylic acids is 1. The molecular formula is C12H18N2O3. The molecule has 0 spiro atoms. The van der Waals surface area contributed by atoms with Crippen LogP contribution in [0.5, 0.6) is 11.5 Å². The molecule has 0 saturated heterocycles. The normalized spacial score (nSPS) is 11.1. The second-order valence-corrected chi connectivity index (χ2v) is 4.43. The van der Waals surface area contributed by atoms with Crippen LogP contribution >= 0.6 is 0 Å². The van der Waals surface area contributed by atoms with E-state index >= 15 is 0 Å². The van der Waals surface area contributed by atoms with E-state index in [2.05, 4.69) is 5.32 Å². The van der Waals surface area contributed by atoms with E-state index in [1.165, 1.54) is 13.2 Å². The summed E-state index contributed by atoms with van der Waals surface area (Å²) in [4.78, 5) is 11.9. The molecular weight excluding hydrogens is 220 g/mol. The Labute approximate surface area is 101 Å². The minimum absolute atomic E-state index is 0.0642. The quantitative estimate of drug-likeness (QED) is 0.726. The fourth-order valence-corrected chi connectivity index (χ4v) is 1.26. The summed E-state index contributed by atoms with van der Waals surface area (Å²) in [5.74, 6) is -0.0104. The molecule has 0 atom stereocenters. The number of rotatable bonds is 4. The molecule has 0 aliphatic carbocycles. The molecule has 1 aromatic carbocycles. The smallest absolute Gasteiger partial charge is 0.251 e. The summed E-state index contributed by atoms with van der Waals surface area (Å²) in [6, 6.07) is 4.49. The van der Waals surface area contributed by atoms with Crippen molar-refractivity contribution in [3.05, 3.63) is 23.8 Å². The lowest BCUT2D eigenvalue weighted by atomic mass is 10.1. The molecule has 0 unspecified atom stereocenters. The molecule has 17 heavy (non-hydrogen) atoms. The van der Waals surface area contributed by atoms with Crippen LogP contribution in [0.3, 0.4) is 0 Å². The number of ether oxygens (including phenoxy) is 1. The van der Waals surface area contributed by atoms with E-state index < -0.39 is 5.54 Å². The Morgan fingerprint density at radius 2 is 2.18 bits per heavy atom. The Morgan fingerprint density at radius 1 is 1.53 bits per heavy atom. The number of aromatic hydroxyl groups is 1. The van der Waals surface area contributed by atoms with E-state index in [9.17, 15) is 9.90 Å². The van der Waals surface area contributed by atoms with Crippen LogP contribution in [0.25, 0.3) is 0 Å². The molecule has 0 aliphatic rings. The maximum Gasteiger partial charge on any atom is 0.251 e. The van der Waals surface area contributed by atoms with E-state index in [1.54, 1.807) is 12.1 Å². The Morgan fingerprint density at radius 3 is 2.65 bits per heavy atom. The minimum Gasteiger partial charge on any atom is -0.504 e. The average molecular weight is 238 g/mol. The summed E-state index contributed by atoms with van der Waals surface area (Å²) in [6.45, 7) is 3.99. The monoisotopic (exact) mass is 238 g/mol. The van der Waals surface area contributed by atoms with Gasteiger partial charge in [0.05, 0.1) is 7.11 Å². The van der Waals surface area contributed by atoms with Crippen molar-refractivity contribution in [3.63, 3.8) is 0 Å². The van der Waals surface area contributed by atoms with Gasteiger partial charge in [-0.1, -0.05) is 0 Å². The van der Waals surface area contributed by atoms with Crippen molar-refractivity contribution >= 4 is 5.91 Å². The summed E-state index contributed by atoms with van der Waals surface area (Å²) < 4.78 is 4.90. The standard InChI is InChI=1S/C12H18N2O3/c1-12(2,7-13)14-11(16)8-4-5-10(17-3)9(15)6-8/h4-6,15H,7,13H2,1-3H3,(H,14,16). The highest BCUT2D eigenvalue weighted by atomic mass is 16.5. The molecule has 4 N–H and O–H groups in total. The lowest BCUT2D eigenvalue weighted by Gasteiger charge is -2.24. The van der Waals surface area contributed by atoms with Gasteiger partial charge in [0.1, 0.15) is 0 Å². The number of phenols is 1. The molecule has 0 fully saturated rings. The van der Waals surface area contributed by atoms with Gasteiger partial charge < -0.3 is 20.9 Å². The molecule has 1 rings (SSSR count). The molecule has 94 valence electrons. The van der Waals surface area contributed by atoms with Gasteiger partial charge in [-0.3, -0.25) is 4.79 Å². The van der Waals surface area contributed by atoms with Crippen molar-refractivity contribution in [3.8, 4) is 11.5 Å². The maximum atomic E-state index is 11.9. The fraction of sp³-hybridized carbons (Fsp3) is 0.417. The van der Waals surface area contributed by atoms with Crippen molar-refractivity contribution in [2.45, 2.75) is 19.4 Å². The van der Waals surface area contributed by atoms with Crippen molar-refractivity contribution < 1.29 is 14.6 Å². The van der Waals surface area contributed by atoms with Gasteiger partial charge >= 0.3 is 0 Å². The predicted molar refractivity (Wildman–Crippen MR) is 65.3 cm³/mol. The van der Waals surface area contributed by atoms with Crippen LogP contribution in [0.15, 0.2) is 18.2 Å². The lowest BCUT2D eigenvalue weighted by molar-refractivity contribution is 0.0915. The Balaban J connectivity index is 2.87. The second kappa shape index (κ2) is 5.05. The molecule has 1 amide bonds. The molecule has 0 aromatic heterocycles. The Bertz CT molecular complexity index is 416. The van der Waals surface area contributed by atoms with Crippen molar-refractivity contribution in [1.29, 1.82) is 0 Å². The topological polar surface area (TPSA) is 84.6 Å². The Kier molecular flexibility index (Phi) is 3.96. The number of benzene rings is 1. The molecule has 5 heteroatoms. The van der Waals surface area contributed by atoms with Crippen molar-refractivity contribution in [2.24, 2.45) is 5.73 Å². The van der Waals surface area contributed by atoms with Crippen LogP contribution in [-0.4, -0.2) is 30.2 Å². The van der Waals surface area contributed by atoms with E-state index in [0.29, 0.717) is 17.9 Å². The van der Waals surface area contributed by atoms with Crippen LogP contribution in [0.1, 0.15) is 24.2 Å². The van der Waals surface area contributed by atoms with E-state index in [4.69, 9.17) is 10.5 Å². The van der Waals surface area contributed by atoms with Gasteiger partial charge in [-0.2, -0.15) is 0 Å². The largest absolute Gasteiger partial charge is 0.504 e. The summed E-state index contributed by atoms with van der Waals surface area (Å²) >= 11 is 0. The van der Waals surface area contributed by atoms with Gasteiger partial charge in [-0.15, -0.1) is 0 Å². The average Bonchev–Trinajstić information content (AvgIpc) is 2.28. The summed E-state index contributed by atoms with van der Waals surface area (Å²) in [6.07, 6.45) is 0. The maximum absolute atomic E-state index is 11.9. The summed E-state index contributed by atoms with van der Waals surface area (Å²) in [7, 11) is 1.45. The zero-order chi connectivity index (χ0) is 13.1. The number of methoxy groups -OCH3 is 1. The zero-order valence-corrected chi connectivity index (χ0v) is 10.3. The van der Waals surface area contributed by atoms with Crippen molar-refractivity contribution in [2.75, 3.05) is 13.7 Å². The summed E-state index contributed by atoms with van der Waals surface area (Å²) in [5.41, 5.74) is 5.41. The van der Waals surface area contributed by atoms with E-state index in [0.717, 1.165) is 0 Å². The van der Waals surface area contributed by atoms with Crippen LogP contribution < -0.4 is 15.8 Å². The van der Waals surface area contributed by atoms with Crippen LogP contribution in [0, 0.1) is 0 Å². The number of carbonyl (C=O) groups is 1. The first-order valence-electron chi connectivity index (χ1n) is 5.29. The van der Waals surface area contributed by atoms with Gasteiger partial charge in [-0.05, 0) is 32.0 Å².